The molecule has 0 amide bonds. The van der Waals surface area contributed by atoms with Crippen molar-refractivity contribution in [3.05, 3.63) is 10.6 Å². The van der Waals surface area contributed by atoms with Crippen LogP contribution in [0.2, 0.25) is 0 Å². The van der Waals surface area contributed by atoms with Gasteiger partial charge in [0.05, 0.1) is 16.7 Å². The summed E-state index contributed by atoms with van der Waals surface area (Å²) >= 11 is 1.69. The summed E-state index contributed by atoms with van der Waals surface area (Å²) in [4.78, 5) is 10.5. The fraction of sp³-hybridized carbons (Fsp3) is 0.786. The van der Waals surface area contributed by atoms with E-state index in [4.69, 9.17) is 4.98 Å². The van der Waals surface area contributed by atoms with Crippen molar-refractivity contribution in [2.45, 2.75) is 31.8 Å². The number of aromatic nitrogens is 1. The minimum absolute atomic E-state index is 0.277. The molecule has 106 valence electrons. The van der Waals surface area contributed by atoms with Gasteiger partial charge in [0, 0.05) is 20.1 Å². The number of fused-ring (bicyclic) bond motifs is 1. The first kappa shape index (κ1) is 13.3. The van der Waals surface area contributed by atoms with Gasteiger partial charge < -0.3 is 14.9 Å². The molecule has 5 heteroatoms. The molecule has 0 saturated carbocycles. The highest BCUT2D eigenvalue weighted by atomic mass is 32.1. The number of nitrogens with zero attached hydrogens (tertiary/aromatic N) is 3. The Morgan fingerprint density at radius 3 is 3.00 bits per heavy atom. The Bertz CT molecular complexity index is 448. The maximum absolute atomic E-state index is 10.0. The predicted molar refractivity (Wildman–Crippen MR) is 78.9 cm³/mol. The van der Waals surface area contributed by atoms with E-state index in [0.717, 1.165) is 47.4 Å². The number of hydrogen-bond acceptors (Lipinski definition) is 5. The zero-order chi connectivity index (χ0) is 13.4. The molecule has 1 aliphatic heterocycles. The largest absolute Gasteiger partial charge is 0.388 e. The van der Waals surface area contributed by atoms with Crippen molar-refractivity contribution in [2.75, 3.05) is 38.6 Å². The van der Waals surface area contributed by atoms with Gasteiger partial charge in [-0.15, -0.1) is 0 Å². The van der Waals surface area contributed by atoms with Crippen molar-refractivity contribution in [2.24, 2.45) is 5.92 Å². The van der Waals surface area contributed by atoms with Crippen molar-refractivity contribution in [1.29, 1.82) is 0 Å². The second kappa shape index (κ2) is 5.38. The van der Waals surface area contributed by atoms with E-state index >= 15 is 0 Å². The third kappa shape index (κ3) is 2.78. The van der Waals surface area contributed by atoms with Crippen LogP contribution in [-0.2, 0) is 6.42 Å². The number of anilines is 1. The molecule has 1 N–H and O–H groups in total. The van der Waals surface area contributed by atoms with Crippen LogP contribution in [-0.4, -0.2) is 48.7 Å². The molecule has 3 rings (SSSR count). The summed E-state index contributed by atoms with van der Waals surface area (Å²) in [6.45, 7) is 3.48. The van der Waals surface area contributed by atoms with E-state index in [0.29, 0.717) is 0 Å². The summed E-state index contributed by atoms with van der Waals surface area (Å²) in [5.74, 6) is 0.751. The third-order valence-corrected chi connectivity index (χ3v) is 5.57. The number of rotatable bonds is 3. The van der Waals surface area contributed by atoms with Gasteiger partial charge in [-0.2, -0.15) is 0 Å². The van der Waals surface area contributed by atoms with E-state index < -0.39 is 0 Å². The molecular formula is C14H23N3OS. The first-order chi connectivity index (χ1) is 9.13. The fourth-order valence-electron chi connectivity index (χ4n) is 3.19. The van der Waals surface area contributed by atoms with Crippen LogP contribution in [0.25, 0.3) is 0 Å². The van der Waals surface area contributed by atoms with Crippen molar-refractivity contribution in [1.82, 2.24) is 9.88 Å². The summed E-state index contributed by atoms with van der Waals surface area (Å²) in [7, 11) is 4.33. The Balaban J connectivity index is 1.68. The number of thiazole rings is 1. The van der Waals surface area contributed by atoms with Gasteiger partial charge >= 0.3 is 0 Å². The fourth-order valence-corrected chi connectivity index (χ4v) is 4.29. The van der Waals surface area contributed by atoms with Crippen LogP contribution in [0.1, 0.15) is 35.9 Å². The molecule has 2 heterocycles. The molecule has 19 heavy (non-hydrogen) atoms. The van der Waals surface area contributed by atoms with Crippen LogP contribution in [0.15, 0.2) is 0 Å². The maximum Gasteiger partial charge on any atom is 0.185 e. The SMILES string of the molecule is CN1CCC(CN(C)c2nc3c(s2)C(O)CCC3)C1. The second-order valence-electron chi connectivity index (χ2n) is 6.01. The smallest absolute Gasteiger partial charge is 0.185 e. The Hall–Kier alpha value is -0.650. The first-order valence-corrected chi connectivity index (χ1v) is 8.02. The molecule has 0 radical (unpaired) electrons. The summed E-state index contributed by atoms with van der Waals surface area (Å²) in [6.07, 6.45) is 4.00. The van der Waals surface area contributed by atoms with E-state index in [1.807, 2.05) is 0 Å². The van der Waals surface area contributed by atoms with Crippen LogP contribution < -0.4 is 4.90 Å². The molecule has 1 fully saturated rings. The Labute approximate surface area is 119 Å². The van der Waals surface area contributed by atoms with Crippen LogP contribution in [0.3, 0.4) is 0 Å². The quantitative estimate of drug-likeness (QED) is 0.918. The average Bonchev–Trinajstić information content (AvgIpc) is 2.96. The van der Waals surface area contributed by atoms with E-state index in [2.05, 4.69) is 23.9 Å². The van der Waals surface area contributed by atoms with Crippen molar-refractivity contribution in [3.63, 3.8) is 0 Å². The molecule has 1 saturated heterocycles. The van der Waals surface area contributed by atoms with E-state index in [9.17, 15) is 5.11 Å². The van der Waals surface area contributed by atoms with E-state index in [-0.39, 0.29) is 6.10 Å². The van der Waals surface area contributed by atoms with Gasteiger partial charge in [-0.25, -0.2) is 4.98 Å². The molecule has 1 aromatic heterocycles. The van der Waals surface area contributed by atoms with Gasteiger partial charge in [0.15, 0.2) is 5.13 Å². The number of likely N-dealkylation sites (tertiary alicyclic amines) is 1. The Kier molecular flexibility index (Phi) is 3.78. The zero-order valence-electron chi connectivity index (χ0n) is 11.8. The minimum atomic E-state index is -0.277. The molecule has 1 aliphatic carbocycles. The van der Waals surface area contributed by atoms with Gasteiger partial charge in [0.25, 0.3) is 0 Å². The third-order valence-electron chi connectivity index (χ3n) is 4.26. The summed E-state index contributed by atoms with van der Waals surface area (Å²) in [6, 6.07) is 0. The molecule has 1 aromatic rings. The number of aryl methyl sites for hydroxylation is 1. The normalized spacial score (nSPS) is 27.5. The summed E-state index contributed by atoms with van der Waals surface area (Å²) in [5.41, 5.74) is 1.13. The van der Waals surface area contributed by atoms with E-state index in [1.165, 1.54) is 19.5 Å². The van der Waals surface area contributed by atoms with Gasteiger partial charge in [-0.3, -0.25) is 0 Å². The molecule has 2 atom stereocenters. The Morgan fingerprint density at radius 1 is 1.47 bits per heavy atom. The molecule has 2 unspecified atom stereocenters. The summed E-state index contributed by atoms with van der Waals surface area (Å²) < 4.78 is 0. The minimum Gasteiger partial charge on any atom is -0.388 e. The average molecular weight is 281 g/mol. The van der Waals surface area contributed by atoms with Crippen LogP contribution in [0, 0.1) is 5.92 Å². The highest BCUT2D eigenvalue weighted by Gasteiger charge is 2.26. The molecular weight excluding hydrogens is 258 g/mol. The lowest BCUT2D eigenvalue weighted by atomic mass is 10.0. The highest BCUT2D eigenvalue weighted by molar-refractivity contribution is 7.15. The number of aliphatic hydroxyl groups is 1. The monoisotopic (exact) mass is 281 g/mol. The molecule has 0 bridgehead atoms. The van der Waals surface area contributed by atoms with Crippen LogP contribution in [0.5, 0.6) is 0 Å². The molecule has 4 nitrogen and oxygen atoms in total. The zero-order valence-corrected chi connectivity index (χ0v) is 12.6. The van der Waals surface area contributed by atoms with Gasteiger partial charge in [-0.05, 0) is 45.2 Å². The first-order valence-electron chi connectivity index (χ1n) is 7.21. The number of aliphatic hydroxyl groups excluding tert-OH is 1. The van der Waals surface area contributed by atoms with Gasteiger partial charge in [0.2, 0.25) is 0 Å². The van der Waals surface area contributed by atoms with Crippen LogP contribution in [0.4, 0.5) is 5.13 Å². The lowest BCUT2D eigenvalue weighted by Gasteiger charge is -2.20. The second-order valence-corrected chi connectivity index (χ2v) is 7.02. The van der Waals surface area contributed by atoms with Crippen molar-refractivity contribution < 1.29 is 5.11 Å². The predicted octanol–water partition coefficient (Wildman–Crippen LogP) is 1.90. The Morgan fingerprint density at radius 2 is 2.32 bits per heavy atom. The summed E-state index contributed by atoms with van der Waals surface area (Å²) in [5, 5.41) is 11.1. The van der Waals surface area contributed by atoms with Crippen LogP contribution >= 0.6 is 11.3 Å². The topological polar surface area (TPSA) is 39.6 Å². The van der Waals surface area contributed by atoms with E-state index in [1.54, 1.807) is 11.3 Å². The molecule has 2 aliphatic rings. The lowest BCUT2D eigenvalue weighted by molar-refractivity contribution is 0.160. The van der Waals surface area contributed by atoms with Crippen molar-refractivity contribution >= 4 is 16.5 Å². The maximum atomic E-state index is 10.0. The standard InChI is InChI=1S/C14H23N3OS/c1-16-7-6-10(8-16)9-17(2)14-15-11-4-3-5-12(18)13(11)19-14/h10,12,18H,3-9H2,1-2H3. The molecule has 0 aromatic carbocycles. The van der Waals surface area contributed by atoms with Crippen molar-refractivity contribution in [3.8, 4) is 0 Å². The molecule has 0 spiro atoms. The lowest BCUT2D eigenvalue weighted by Crippen LogP contribution is -2.27. The van der Waals surface area contributed by atoms with Gasteiger partial charge in [-0.1, -0.05) is 11.3 Å². The highest BCUT2D eigenvalue weighted by Crippen LogP contribution is 2.37. The van der Waals surface area contributed by atoms with Gasteiger partial charge in [0.1, 0.15) is 0 Å². The number of hydrogen-bond donors (Lipinski definition) is 1.